The molecule has 0 bridgehead atoms. The Hall–Kier alpha value is -1.65. The van der Waals surface area contributed by atoms with Gasteiger partial charge >= 0.3 is 0 Å². The van der Waals surface area contributed by atoms with Crippen LogP contribution in [-0.2, 0) is 4.79 Å². The van der Waals surface area contributed by atoms with E-state index in [-0.39, 0.29) is 11.6 Å². The van der Waals surface area contributed by atoms with Crippen LogP contribution in [0.25, 0.3) is 0 Å². The Bertz CT molecular complexity index is 538. The Morgan fingerprint density at radius 2 is 1.89 bits per heavy atom. The number of hydrogen-bond donors (Lipinski definition) is 0. The molecule has 19 heavy (non-hydrogen) atoms. The standard InChI is InChI=1S/C14H19N3O2/c1-16(10-4-6-12(18)7-5-10)13-14(19)17(9-8-15-13)11-2-3-11/h8-11H,2-7H2,1H3. The van der Waals surface area contributed by atoms with E-state index in [2.05, 4.69) is 4.98 Å². The van der Waals surface area contributed by atoms with E-state index in [0.717, 1.165) is 25.7 Å². The van der Waals surface area contributed by atoms with E-state index in [1.54, 1.807) is 17.0 Å². The lowest BCUT2D eigenvalue weighted by molar-refractivity contribution is -0.120. The smallest absolute Gasteiger partial charge is 0.293 e. The van der Waals surface area contributed by atoms with E-state index in [0.29, 0.717) is 30.5 Å². The summed E-state index contributed by atoms with van der Waals surface area (Å²) in [5.74, 6) is 0.856. The summed E-state index contributed by atoms with van der Waals surface area (Å²) in [6, 6.07) is 0.628. The molecule has 0 aromatic carbocycles. The zero-order valence-electron chi connectivity index (χ0n) is 11.2. The van der Waals surface area contributed by atoms with Crippen LogP contribution in [0.5, 0.6) is 0 Å². The summed E-state index contributed by atoms with van der Waals surface area (Å²) in [5.41, 5.74) is 0.00407. The molecule has 0 unspecified atom stereocenters. The molecule has 5 heteroatoms. The summed E-state index contributed by atoms with van der Waals surface area (Å²) < 4.78 is 1.80. The molecule has 0 saturated heterocycles. The lowest BCUT2D eigenvalue weighted by atomic mass is 9.93. The van der Waals surface area contributed by atoms with Gasteiger partial charge < -0.3 is 9.47 Å². The fraction of sp³-hybridized carbons (Fsp3) is 0.643. The largest absolute Gasteiger partial charge is 0.352 e. The number of nitrogens with zero attached hydrogens (tertiary/aromatic N) is 3. The number of carbonyl (C=O) groups is 1. The molecule has 1 aromatic heterocycles. The van der Waals surface area contributed by atoms with Gasteiger partial charge in [0, 0.05) is 44.4 Å². The SMILES string of the molecule is CN(c1nccn(C2CC2)c1=O)C1CCC(=O)CC1. The van der Waals surface area contributed by atoms with Gasteiger partial charge in [0.15, 0.2) is 5.82 Å². The van der Waals surface area contributed by atoms with Gasteiger partial charge in [0.2, 0.25) is 0 Å². The molecule has 2 saturated carbocycles. The van der Waals surface area contributed by atoms with Crippen molar-refractivity contribution < 1.29 is 4.79 Å². The first-order chi connectivity index (χ1) is 9.16. The minimum Gasteiger partial charge on any atom is -0.352 e. The third-order valence-electron chi connectivity index (χ3n) is 4.18. The Labute approximate surface area is 112 Å². The first-order valence-electron chi connectivity index (χ1n) is 6.98. The quantitative estimate of drug-likeness (QED) is 0.828. The normalized spacial score (nSPS) is 20.6. The highest BCUT2D eigenvalue weighted by atomic mass is 16.1. The van der Waals surface area contributed by atoms with Gasteiger partial charge in [0.1, 0.15) is 5.78 Å². The van der Waals surface area contributed by atoms with Crippen LogP contribution in [0.2, 0.25) is 0 Å². The number of aromatic nitrogens is 2. The monoisotopic (exact) mass is 261 g/mol. The topological polar surface area (TPSA) is 55.2 Å². The second-order valence-corrected chi connectivity index (χ2v) is 5.58. The molecule has 0 N–H and O–H groups in total. The minimum absolute atomic E-state index is 0.00407. The number of ketones is 1. The van der Waals surface area contributed by atoms with Crippen molar-refractivity contribution >= 4 is 11.6 Å². The van der Waals surface area contributed by atoms with Gasteiger partial charge in [-0.1, -0.05) is 0 Å². The molecular formula is C14H19N3O2. The van der Waals surface area contributed by atoms with Gasteiger partial charge in [-0.15, -0.1) is 0 Å². The molecule has 1 aromatic rings. The molecule has 0 spiro atoms. The predicted molar refractivity (Wildman–Crippen MR) is 72.4 cm³/mol. The highest BCUT2D eigenvalue weighted by Crippen LogP contribution is 2.33. The molecule has 0 atom stereocenters. The van der Waals surface area contributed by atoms with Gasteiger partial charge in [-0.25, -0.2) is 4.98 Å². The molecule has 1 heterocycles. The summed E-state index contributed by atoms with van der Waals surface area (Å²) >= 11 is 0. The number of hydrogen-bond acceptors (Lipinski definition) is 4. The summed E-state index contributed by atoms with van der Waals surface area (Å²) in [4.78, 5) is 29.9. The average Bonchev–Trinajstić information content (AvgIpc) is 3.23. The Balaban J connectivity index is 1.83. The summed E-state index contributed by atoms with van der Waals surface area (Å²) in [6.45, 7) is 0. The van der Waals surface area contributed by atoms with Crippen LogP contribution in [0.4, 0.5) is 5.82 Å². The van der Waals surface area contributed by atoms with E-state index in [9.17, 15) is 9.59 Å². The molecule has 2 aliphatic rings. The molecule has 5 nitrogen and oxygen atoms in total. The van der Waals surface area contributed by atoms with Crippen molar-refractivity contribution in [1.82, 2.24) is 9.55 Å². The van der Waals surface area contributed by atoms with Gasteiger partial charge in [-0.05, 0) is 25.7 Å². The average molecular weight is 261 g/mol. The maximum absolute atomic E-state index is 12.4. The number of carbonyl (C=O) groups excluding carboxylic acids is 1. The number of Topliss-reactive ketones (excluding diaryl/α,β-unsaturated/α-hetero) is 1. The van der Waals surface area contributed by atoms with E-state index in [1.807, 2.05) is 11.9 Å². The van der Waals surface area contributed by atoms with Gasteiger partial charge in [0.05, 0.1) is 0 Å². The van der Waals surface area contributed by atoms with Crippen molar-refractivity contribution in [1.29, 1.82) is 0 Å². The summed E-state index contributed by atoms with van der Waals surface area (Å²) in [6.07, 6.45) is 8.57. The second kappa shape index (κ2) is 4.79. The van der Waals surface area contributed by atoms with E-state index >= 15 is 0 Å². The van der Waals surface area contributed by atoms with Crippen molar-refractivity contribution in [3.8, 4) is 0 Å². The van der Waals surface area contributed by atoms with Crippen LogP contribution in [0.3, 0.4) is 0 Å². The lowest BCUT2D eigenvalue weighted by Crippen LogP contribution is -2.40. The lowest BCUT2D eigenvalue weighted by Gasteiger charge is -2.31. The molecular weight excluding hydrogens is 242 g/mol. The molecule has 0 aliphatic heterocycles. The van der Waals surface area contributed by atoms with E-state index in [1.165, 1.54) is 0 Å². The molecule has 102 valence electrons. The van der Waals surface area contributed by atoms with Crippen LogP contribution < -0.4 is 10.5 Å². The zero-order valence-corrected chi connectivity index (χ0v) is 11.2. The van der Waals surface area contributed by atoms with Gasteiger partial charge in [-0.2, -0.15) is 0 Å². The molecule has 0 amide bonds. The second-order valence-electron chi connectivity index (χ2n) is 5.58. The first-order valence-corrected chi connectivity index (χ1v) is 6.98. The van der Waals surface area contributed by atoms with E-state index in [4.69, 9.17) is 0 Å². The van der Waals surface area contributed by atoms with Gasteiger partial charge in [0.25, 0.3) is 5.56 Å². The van der Waals surface area contributed by atoms with Crippen molar-refractivity contribution in [2.24, 2.45) is 0 Å². The van der Waals surface area contributed by atoms with Crippen LogP contribution in [-0.4, -0.2) is 28.4 Å². The van der Waals surface area contributed by atoms with Crippen molar-refractivity contribution in [2.75, 3.05) is 11.9 Å². The van der Waals surface area contributed by atoms with Crippen LogP contribution in [0.15, 0.2) is 17.2 Å². The number of anilines is 1. The third kappa shape index (κ3) is 2.41. The van der Waals surface area contributed by atoms with E-state index < -0.39 is 0 Å². The minimum atomic E-state index is 0.00407. The fourth-order valence-electron chi connectivity index (χ4n) is 2.78. The Morgan fingerprint density at radius 1 is 1.21 bits per heavy atom. The highest BCUT2D eigenvalue weighted by molar-refractivity contribution is 5.79. The Kier molecular flexibility index (Phi) is 3.12. The predicted octanol–water partition coefficient (Wildman–Crippen LogP) is 1.53. The van der Waals surface area contributed by atoms with Crippen molar-refractivity contribution in [3.05, 3.63) is 22.7 Å². The van der Waals surface area contributed by atoms with Crippen molar-refractivity contribution in [3.63, 3.8) is 0 Å². The Morgan fingerprint density at radius 3 is 2.53 bits per heavy atom. The van der Waals surface area contributed by atoms with Crippen molar-refractivity contribution in [2.45, 2.75) is 50.6 Å². The molecule has 0 radical (unpaired) electrons. The van der Waals surface area contributed by atoms with Gasteiger partial charge in [-0.3, -0.25) is 9.59 Å². The van der Waals surface area contributed by atoms with Crippen LogP contribution >= 0.6 is 0 Å². The molecule has 3 rings (SSSR count). The van der Waals surface area contributed by atoms with Crippen LogP contribution in [0, 0.1) is 0 Å². The summed E-state index contributed by atoms with van der Waals surface area (Å²) in [7, 11) is 1.92. The molecule has 2 fully saturated rings. The fourth-order valence-corrected chi connectivity index (χ4v) is 2.78. The zero-order chi connectivity index (χ0) is 13.4. The third-order valence-corrected chi connectivity index (χ3v) is 4.18. The maximum atomic E-state index is 12.4. The molecule has 2 aliphatic carbocycles. The number of rotatable bonds is 3. The highest BCUT2D eigenvalue weighted by Gasteiger charge is 2.28. The van der Waals surface area contributed by atoms with Crippen LogP contribution in [0.1, 0.15) is 44.6 Å². The first kappa shape index (κ1) is 12.4. The maximum Gasteiger partial charge on any atom is 0.293 e. The summed E-state index contributed by atoms with van der Waals surface area (Å²) in [5, 5.41) is 0.